The Morgan fingerprint density at radius 2 is 2.00 bits per heavy atom. The topological polar surface area (TPSA) is 44.1 Å². The highest BCUT2D eigenvalue weighted by atomic mass is 79.9. The molecule has 5 heteroatoms. The maximum Gasteiger partial charge on any atom is 0.261 e. The predicted molar refractivity (Wildman–Crippen MR) is 101 cm³/mol. The van der Waals surface area contributed by atoms with Crippen LogP contribution in [0.15, 0.2) is 51.7 Å². The molecule has 2 aromatic carbocycles. The highest BCUT2D eigenvalue weighted by Gasteiger charge is 2.06. The lowest BCUT2D eigenvalue weighted by molar-refractivity contribution is 0.339. The number of fused-ring (bicyclic) bond motifs is 1. The molecule has 0 saturated heterocycles. The molecule has 0 spiro atoms. The van der Waals surface area contributed by atoms with Gasteiger partial charge in [-0.3, -0.25) is 9.36 Å². The van der Waals surface area contributed by atoms with Crippen molar-refractivity contribution in [2.45, 2.75) is 6.92 Å². The zero-order chi connectivity index (χ0) is 17.1. The van der Waals surface area contributed by atoms with E-state index in [1.807, 2.05) is 55.5 Å². The van der Waals surface area contributed by atoms with E-state index in [0.29, 0.717) is 23.3 Å². The van der Waals surface area contributed by atoms with Crippen molar-refractivity contribution < 1.29 is 4.74 Å². The SMILES string of the molecule is CCOc1ccc(Br)cc1/C=C/c1nc2ccccc2c(=O)n1C. The molecule has 24 heavy (non-hydrogen) atoms. The monoisotopic (exact) mass is 384 g/mol. The molecule has 3 rings (SSSR count). The van der Waals surface area contributed by atoms with Crippen LogP contribution >= 0.6 is 15.9 Å². The van der Waals surface area contributed by atoms with Crippen molar-refractivity contribution in [1.82, 2.24) is 9.55 Å². The van der Waals surface area contributed by atoms with Crippen molar-refractivity contribution in [3.05, 3.63) is 68.7 Å². The third kappa shape index (κ3) is 3.26. The van der Waals surface area contributed by atoms with Crippen LogP contribution in [0.3, 0.4) is 0 Å². The van der Waals surface area contributed by atoms with Crippen molar-refractivity contribution in [2.75, 3.05) is 6.61 Å². The highest BCUT2D eigenvalue weighted by Crippen LogP contribution is 2.25. The second-order valence-corrected chi connectivity index (χ2v) is 6.22. The Bertz CT molecular complexity index is 977. The first kappa shape index (κ1) is 16.5. The van der Waals surface area contributed by atoms with E-state index in [-0.39, 0.29) is 5.56 Å². The quantitative estimate of drug-likeness (QED) is 0.674. The molecule has 122 valence electrons. The summed E-state index contributed by atoms with van der Waals surface area (Å²) in [4.78, 5) is 17.0. The van der Waals surface area contributed by atoms with Gasteiger partial charge >= 0.3 is 0 Å². The van der Waals surface area contributed by atoms with Gasteiger partial charge < -0.3 is 4.74 Å². The Morgan fingerprint density at radius 3 is 2.79 bits per heavy atom. The summed E-state index contributed by atoms with van der Waals surface area (Å²) < 4.78 is 8.16. The third-order valence-electron chi connectivity index (χ3n) is 3.70. The van der Waals surface area contributed by atoms with E-state index in [9.17, 15) is 4.79 Å². The summed E-state index contributed by atoms with van der Waals surface area (Å²) in [5.41, 5.74) is 1.56. The fourth-order valence-corrected chi connectivity index (χ4v) is 2.86. The highest BCUT2D eigenvalue weighted by molar-refractivity contribution is 9.10. The summed E-state index contributed by atoms with van der Waals surface area (Å²) >= 11 is 3.47. The average molecular weight is 385 g/mol. The Balaban J connectivity index is 2.07. The van der Waals surface area contributed by atoms with Crippen LogP contribution in [0.2, 0.25) is 0 Å². The van der Waals surface area contributed by atoms with Gasteiger partial charge in [-0.25, -0.2) is 4.98 Å². The van der Waals surface area contributed by atoms with E-state index in [1.165, 1.54) is 0 Å². The number of hydrogen-bond acceptors (Lipinski definition) is 3. The first-order valence-electron chi connectivity index (χ1n) is 7.66. The molecule has 0 aliphatic carbocycles. The fourth-order valence-electron chi connectivity index (χ4n) is 2.49. The maximum absolute atomic E-state index is 12.4. The van der Waals surface area contributed by atoms with Crippen LogP contribution < -0.4 is 10.3 Å². The molecule has 0 unspecified atom stereocenters. The summed E-state index contributed by atoms with van der Waals surface area (Å²) in [6.07, 6.45) is 3.74. The minimum atomic E-state index is -0.0560. The second-order valence-electron chi connectivity index (χ2n) is 5.30. The Labute approximate surface area is 148 Å². The van der Waals surface area contributed by atoms with Crippen molar-refractivity contribution in [3.63, 3.8) is 0 Å². The number of para-hydroxylation sites is 1. The van der Waals surface area contributed by atoms with Crippen LogP contribution in [-0.4, -0.2) is 16.2 Å². The molecular formula is C19H17BrN2O2. The Morgan fingerprint density at radius 1 is 1.21 bits per heavy atom. The van der Waals surface area contributed by atoms with Gasteiger partial charge in [0.25, 0.3) is 5.56 Å². The minimum absolute atomic E-state index is 0.0560. The van der Waals surface area contributed by atoms with Gasteiger partial charge in [0.1, 0.15) is 11.6 Å². The summed E-state index contributed by atoms with van der Waals surface area (Å²) in [5.74, 6) is 1.39. The van der Waals surface area contributed by atoms with Crippen molar-refractivity contribution >= 4 is 39.0 Å². The van der Waals surface area contributed by atoms with Gasteiger partial charge in [-0.1, -0.05) is 28.1 Å². The van der Waals surface area contributed by atoms with Crippen LogP contribution in [0, 0.1) is 0 Å². The summed E-state index contributed by atoms with van der Waals surface area (Å²) in [5, 5.41) is 0.620. The third-order valence-corrected chi connectivity index (χ3v) is 4.19. The number of rotatable bonds is 4. The maximum atomic E-state index is 12.4. The van der Waals surface area contributed by atoms with Crippen LogP contribution in [0.4, 0.5) is 0 Å². The van der Waals surface area contributed by atoms with Gasteiger partial charge in [0.2, 0.25) is 0 Å². The second kappa shape index (κ2) is 7.01. The van der Waals surface area contributed by atoms with Gasteiger partial charge in [-0.15, -0.1) is 0 Å². The summed E-state index contributed by atoms with van der Waals surface area (Å²) in [6.45, 7) is 2.54. The number of hydrogen-bond donors (Lipinski definition) is 0. The van der Waals surface area contributed by atoms with Gasteiger partial charge in [0, 0.05) is 17.1 Å². The molecule has 0 aliphatic heterocycles. The Kier molecular flexibility index (Phi) is 4.81. The molecule has 0 bridgehead atoms. The number of benzene rings is 2. The number of nitrogens with zero attached hydrogens (tertiary/aromatic N) is 2. The lowest BCUT2D eigenvalue weighted by Gasteiger charge is -2.08. The van der Waals surface area contributed by atoms with Crippen LogP contribution in [0.5, 0.6) is 5.75 Å². The molecule has 0 aliphatic rings. The van der Waals surface area contributed by atoms with E-state index in [2.05, 4.69) is 20.9 Å². The summed E-state index contributed by atoms with van der Waals surface area (Å²) in [6, 6.07) is 13.2. The molecule has 0 amide bonds. The molecule has 0 radical (unpaired) electrons. The smallest absolute Gasteiger partial charge is 0.261 e. The normalized spacial score (nSPS) is 11.3. The lowest BCUT2D eigenvalue weighted by Crippen LogP contribution is -2.20. The molecule has 1 heterocycles. The minimum Gasteiger partial charge on any atom is -0.493 e. The molecule has 0 atom stereocenters. The lowest BCUT2D eigenvalue weighted by atomic mass is 10.2. The van der Waals surface area contributed by atoms with Gasteiger partial charge in [-0.2, -0.15) is 0 Å². The summed E-state index contributed by atoms with van der Waals surface area (Å²) in [7, 11) is 1.73. The van der Waals surface area contributed by atoms with Crippen molar-refractivity contribution in [2.24, 2.45) is 7.05 Å². The van der Waals surface area contributed by atoms with Crippen molar-refractivity contribution in [3.8, 4) is 5.75 Å². The standard InChI is InChI=1S/C19H17BrN2O2/c1-3-24-17-10-9-14(20)12-13(17)8-11-18-21-16-7-5-4-6-15(16)19(23)22(18)2/h4-12H,3H2,1-2H3/b11-8+. The van der Waals surface area contributed by atoms with E-state index >= 15 is 0 Å². The van der Waals surface area contributed by atoms with E-state index in [0.717, 1.165) is 15.8 Å². The largest absolute Gasteiger partial charge is 0.493 e. The molecule has 3 aromatic rings. The van der Waals surface area contributed by atoms with Gasteiger partial charge in [0.05, 0.1) is 17.5 Å². The van der Waals surface area contributed by atoms with Crippen LogP contribution in [0.1, 0.15) is 18.3 Å². The van der Waals surface area contributed by atoms with Crippen LogP contribution in [0.25, 0.3) is 23.1 Å². The predicted octanol–water partition coefficient (Wildman–Crippen LogP) is 4.27. The molecule has 4 nitrogen and oxygen atoms in total. The van der Waals surface area contributed by atoms with E-state index < -0.39 is 0 Å². The van der Waals surface area contributed by atoms with Crippen molar-refractivity contribution in [1.29, 1.82) is 0 Å². The Hall–Kier alpha value is -2.40. The fraction of sp³-hybridized carbons (Fsp3) is 0.158. The molecular weight excluding hydrogens is 368 g/mol. The molecule has 1 aromatic heterocycles. The number of aromatic nitrogens is 2. The number of halogens is 1. The molecule has 0 fully saturated rings. The zero-order valence-corrected chi connectivity index (χ0v) is 15.1. The average Bonchev–Trinajstić information content (AvgIpc) is 2.59. The zero-order valence-electron chi connectivity index (χ0n) is 13.5. The van der Waals surface area contributed by atoms with E-state index in [1.54, 1.807) is 17.7 Å². The van der Waals surface area contributed by atoms with Crippen LogP contribution in [-0.2, 0) is 7.05 Å². The molecule has 0 saturated carbocycles. The first-order chi connectivity index (χ1) is 11.6. The molecule has 0 N–H and O–H groups in total. The van der Waals surface area contributed by atoms with E-state index in [4.69, 9.17) is 4.74 Å². The van der Waals surface area contributed by atoms with Gasteiger partial charge in [0.15, 0.2) is 0 Å². The van der Waals surface area contributed by atoms with Gasteiger partial charge in [-0.05, 0) is 49.4 Å². The number of ether oxygens (including phenoxy) is 1. The first-order valence-corrected chi connectivity index (χ1v) is 8.45.